The molecule has 2 aromatic heterocycles. The van der Waals surface area contributed by atoms with E-state index in [1.54, 1.807) is 59.4 Å². The number of morpholine rings is 1. The van der Waals surface area contributed by atoms with Crippen LogP contribution in [0.25, 0.3) is 27.8 Å². The molecule has 1 aliphatic rings. The van der Waals surface area contributed by atoms with Gasteiger partial charge in [-0.3, -0.25) is 9.59 Å². The molecular weight excluding hydrogens is 532 g/mol. The third-order valence-electron chi connectivity index (χ3n) is 6.65. The first-order chi connectivity index (χ1) is 19.4. The lowest BCUT2D eigenvalue weighted by Crippen LogP contribution is -2.37. The van der Waals surface area contributed by atoms with Crippen molar-refractivity contribution in [3.63, 3.8) is 0 Å². The first-order valence-corrected chi connectivity index (χ1v) is 14.0. The molecule has 1 amide bonds. The van der Waals surface area contributed by atoms with E-state index >= 15 is 0 Å². The molecule has 0 radical (unpaired) electrons. The van der Waals surface area contributed by atoms with Crippen LogP contribution in [0.2, 0.25) is 0 Å². The van der Waals surface area contributed by atoms with Crippen molar-refractivity contribution in [2.24, 2.45) is 0 Å². The van der Waals surface area contributed by atoms with Crippen molar-refractivity contribution in [3.05, 3.63) is 101 Å². The summed E-state index contributed by atoms with van der Waals surface area (Å²) < 4.78 is 34.0. The third kappa shape index (κ3) is 4.97. The Morgan fingerprint density at radius 3 is 2.45 bits per heavy atom. The number of pyridine rings is 1. The number of ether oxygens (including phenoxy) is 1. The van der Waals surface area contributed by atoms with Crippen LogP contribution in [0.3, 0.4) is 0 Å². The van der Waals surface area contributed by atoms with Gasteiger partial charge in [-0.2, -0.15) is 0 Å². The Bertz CT molecular complexity index is 1860. The van der Waals surface area contributed by atoms with Crippen molar-refractivity contribution >= 4 is 32.7 Å². The average molecular weight is 557 g/mol. The molecule has 1 fully saturated rings. The summed E-state index contributed by atoms with van der Waals surface area (Å²) in [6.45, 7) is 2.57. The molecule has 1 aliphatic heterocycles. The Kier molecular flexibility index (Phi) is 6.62. The molecule has 202 valence electrons. The minimum Gasteiger partial charge on any atom is -0.378 e. The summed E-state index contributed by atoms with van der Waals surface area (Å²) in [7, 11) is -3.99. The third-order valence-corrected chi connectivity index (χ3v) is 7.99. The van der Waals surface area contributed by atoms with Gasteiger partial charge in [0.15, 0.2) is 5.43 Å². The molecule has 40 heavy (non-hydrogen) atoms. The number of aromatic nitrogens is 4. The normalized spacial score (nSPS) is 13.8. The highest BCUT2D eigenvalue weighted by molar-refractivity contribution is 7.90. The number of sulfonamides is 1. The van der Waals surface area contributed by atoms with E-state index in [4.69, 9.17) is 4.74 Å². The van der Waals surface area contributed by atoms with Gasteiger partial charge in [0.25, 0.3) is 15.9 Å². The van der Waals surface area contributed by atoms with Gasteiger partial charge in [0.2, 0.25) is 0 Å². The molecule has 0 spiro atoms. The summed E-state index contributed by atoms with van der Waals surface area (Å²) in [5.74, 6) is -0.0192. The van der Waals surface area contributed by atoms with E-state index in [-0.39, 0.29) is 15.9 Å². The summed E-state index contributed by atoms with van der Waals surface area (Å²) in [4.78, 5) is 31.0. The molecule has 3 aromatic carbocycles. The highest BCUT2D eigenvalue weighted by atomic mass is 32.2. The number of carbonyl (C=O) groups excluding carboxylic acids is 1. The van der Waals surface area contributed by atoms with Crippen LogP contribution in [0.4, 0.5) is 5.82 Å². The number of H-pyrrole nitrogens is 1. The standard InChI is InChI=1S/C28H24N6O5S/c35-25-17-26(33-13-15-39-16-14-33)29-27-22(7-4-8-23(25)27)24-18-34(32-30-24)20-11-9-19(10-12-20)28(36)31-40(37,38)21-5-2-1-3-6-21/h1-12,17-18H,13-16H2,(H,29,35)(H,31,36). The summed E-state index contributed by atoms with van der Waals surface area (Å²) in [5.41, 5.74) is 2.63. The van der Waals surface area contributed by atoms with Crippen molar-refractivity contribution in [1.29, 1.82) is 0 Å². The number of nitrogens with one attached hydrogen (secondary N) is 2. The maximum atomic E-state index is 12.9. The SMILES string of the molecule is O=C(NS(=O)(=O)c1ccccc1)c1ccc(-n2cc(-c3cccc4c(=O)cc(N5CCOCC5)[nH]c34)nn2)cc1. The zero-order valence-electron chi connectivity index (χ0n) is 21.1. The van der Waals surface area contributed by atoms with E-state index in [1.165, 1.54) is 24.3 Å². The molecule has 0 unspecified atom stereocenters. The fraction of sp³-hybridized carbons (Fsp3) is 0.143. The monoisotopic (exact) mass is 556 g/mol. The molecule has 6 rings (SSSR count). The van der Waals surface area contributed by atoms with E-state index in [0.717, 1.165) is 11.4 Å². The fourth-order valence-electron chi connectivity index (χ4n) is 4.56. The van der Waals surface area contributed by atoms with Gasteiger partial charge in [0.05, 0.1) is 35.5 Å². The molecule has 0 atom stereocenters. The number of anilines is 1. The molecule has 3 heterocycles. The van der Waals surface area contributed by atoms with Crippen LogP contribution in [0.15, 0.2) is 94.7 Å². The van der Waals surface area contributed by atoms with E-state index in [9.17, 15) is 18.0 Å². The molecule has 12 heteroatoms. The number of fused-ring (bicyclic) bond motifs is 1. The second kappa shape index (κ2) is 10.4. The molecule has 11 nitrogen and oxygen atoms in total. The first-order valence-electron chi connectivity index (χ1n) is 12.5. The van der Waals surface area contributed by atoms with Crippen LogP contribution < -0.4 is 15.1 Å². The lowest BCUT2D eigenvalue weighted by molar-refractivity contribution is 0.0981. The first kappa shape index (κ1) is 25.5. The minimum absolute atomic E-state index is 0.00182. The van der Waals surface area contributed by atoms with Gasteiger partial charge in [-0.05, 0) is 42.5 Å². The summed E-state index contributed by atoms with van der Waals surface area (Å²) in [5, 5.41) is 9.10. The van der Waals surface area contributed by atoms with Crippen LogP contribution in [0, 0.1) is 0 Å². The highest BCUT2D eigenvalue weighted by Crippen LogP contribution is 2.27. The number of carbonyl (C=O) groups is 1. The van der Waals surface area contributed by atoms with E-state index in [2.05, 4.69) is 24.9 Å². The zero-order chi connectivity index (χ0) is 27.7. The largest absolute Gasteiger partial charge is 0.378 e. The number of para-hydroxylation sites is 1. The zero-order valence-corrected chi connectivity index (χ0v) is 22.0. The molecule has 5 aromatic rings. The number of aromatic amines is 1. The number of rotatable bonds is 6. The van der Waals surface area contributed by atoms with Gasteiger partial charge in [0.1, 0.15) is 11.5 Å². The van der Waals surface area contributed by atoms with Crippen LogP contribution >= 0.6 is 0 Å². The number of hydrogen-bond donors (Lipinski definition) is 2. The number of nitrogens with zero attached hydrogens (tertiary/aromatic N) is 4. The van der Waals surface area contributed by atoms with Crippen molar-refractivity contribution in [2.75, 3.05) is 31.2 Å². The number of hydrogen-bond acceptors (Lipinski definition) is 8. The predicted octanol–water partition coefficient (Wildman–Crippen LogP) is 2.73. The number of benzene rings is 3. The minimum atomic E-state index is -3.99. The second-order valence-corrected chi connectivity index (χ2v) is 10.9. The van der Waals surface area contributed by atoms with Crippen LogP contribution in [-0.4, -0.2) is 60.6 Å². The van der Waals surface area contributed by atoms with Gasteiger partial charge < -0.3 is 14.6 Å². The summed E-state index contributed by atoms with van der Waals surface area (Å²) in [6, 6.07) is 21.0. The topological polar surface area (TPSA) is 139 Å². The van der Waals surface area contributed by atoms with Crippen LogP contribution in [0.1, 0.15) is 10.4 Å². The molecular formula is C28H24N6O5S. The Morgan fingerprint density at radius 1 is 0.950 bits per heavy atom. The van der Waals surface area contributed by atoms with Crippen molar-refractivity contribution in [3.8, 4) is 16.9 Å². The quantitative estimate of drug-likeness (QED) is 0.326. The second-order valence-electron chi connectivity index (χ2n) is 9.19. The molecule has 1 saturated heterocycles. The average Bonchev–Trinajstić information content (AvgIpc) is 3.48. The van der Waals surface area contributed by atoms with E-state index in [1.807, 2.05) is 6.07 Å². The Labute approximate surface area is 229 Å². The van der Waals surface area contributed by atoms with Gasteiger partial charge in [-0.15, -0.1) is 5.10 Å². The lowest BCUT2D eigenvalue weighted by Gasteiger charge is -2.28. The summed E-state index contributed by atoms with van der Waals surface area (Å²) in [6.07, 6.45) is 1.73. The van der Waals surface area contributed by atoms with Gasteiger partial charge in [-0.1, -0.05) is 35.5 Å². The van der Waals surface area contributed by atoms with E-state index < -0.39 is 15.9 Å². The molecule has 2 N–H and O–H groups in total. The predicted molar refractivity (Wildman–Crippen MR) is 149 cm³/mol. The molecule has 0 bridgehead atoms. The van der Waals surface area contributed by atoms with E-state index in [0.29, 0.717) is 48.6 Å². The Morgan fingerprint density at radius 2 is 1.70 bits per heavy atom. The van der Waals surface area contributed by atoms with Crippen molar-refractivity contribution in [2.45, 2.75) is 4.90 Å². The van der Waals surface area contributed by atoms with Crippen molar-refractivity contribution < 1.29 is 17.9 Å². The maximum Gasteiger partial charge on any atom is 0.264 e. The lowest BCUT2D eigenvalue weighted by atomic mass is 10.1. The Balaban J connectivity index is 1.26. The Hall–Kier alpha value is -4.81. The van der Waals surface area contributed by atoms with Gasteiger partial charge >= 0.3 is 0 Å². The smallest absolute Gasteiger partial charge is 0.264 e. The number of amides is 1. The highest BCUT2D eigenvalue weighted by Gasteiger charge is 2.19. The van der Waals surface area contributed by atoms with Gasteiger partial charge in [0, 0.05) is 35.7 Å². The van der Waals surface area contributed by atoms with Crippen molar-refractivity contribution in [1.82, 2.24) is 24.7 Å². The van der Waals surface area contributed by atoms with Gasteiger partial charge in [-0.25, -0.2) is 17.8 Å². The molecule has 0 saturated carbocycles. The fourth-order valence-corrected chi connectivity index (χ4v) is 5.56. The van der Waals surface area contributed by atoms with Crippen LogP contribution in [-0.2, 0) is 14.8 Å². The summed E-state index contributed by atoms with van der Waals surface area (Å²) >= 11 is 0. The maximum absolute atomic E-state index is 12.9. The molecule has 0 aliphatic carbocycles. The van der Waals surface area contributed by atoms with Crippen LogP contribution in [0.5, 0.6) is 0 Å².